The molecule has 3 heterocycles. The van der Waals surface area contributed by atoms with E-state index in [0.29, 0.717) is 17.0 Å². The van der Waals surface area contributed by atoms with Gasteiger partial charge in [0.1, 0.15) is 12.0 Å². The van der Waals surface area contributed by atoms with Gasteiger partial charge in [0.15, 0.2) is 0 Å². The third-order valence-electron chi connectivity index (χ3n) is 6.99. The van der Waals surface area contributed by atoms with E-state index in [1.807, 2.05) is 20.0 Å². The van der Waals surface area contributed by atoms with Gasteiger partial charge in [-0.2, -0.15) is 5.10 Å². The van der Waals surface area contributed by atoms with Crippen LogP contribution in [0.1, 0.15) is 50.6 Å². The van der Waals surface area contributed by atoms with E-state index in [1.54, 1.807) is 10.7 Å². The summed E-state index contributed by atoms with van der Waals surface area (Å²) in [4.78, 5) is 2.19. The SMILES string of the molecule is CC(c1nn(C)c2cccc(F)c12)C(O)N1C2CC3CC1CC(O)(C3)C2. The minimum atomic E-state index is -0.716. The molecular weight excluding hydrogens is 333 g/mol. The molecule has 4 aliphatic rings. The number of nitrogens with zero attached hydrogens (tertiary/aromatic N) is 3. The quantitative estimate of drug-likeness (QED) is 0.884. The van der Waals surface area contributed by atoms with E-state index in [4.69, 9.17) is 0 Å². The molecule has 4 atom stereocenters. The molecule has 2 aliphatic heterocycles. The summed E-state index contributed by atoms with van der Waals surface area (Å²) < 4.78 is 16.2. The van der Waals surface area contributed by atoms with Gasteiger partial charge in [0.25, 0.3) is 0 Å². The lowest BCUT2D eigenvalue weighted by Gasteiger charge is -2.61. The van der Waals surface area contributed by atoms with Gasteiger partial charge in [0.05, 0.1) is 22.2 Å². The van der Waals surface area contributed by atoms with E-state index < -0.39 is 11.8 Å². The standard InChI is InChI=1S/C20H26FN3O2/c1-11(18-17-15(21)4-3-5-16(17)23(2)22-18)19(25)24-13-6-12-7-14(24)10-20(26,8-12)9-13/h3-5,11-14,19,25-26H,6-10H2,1-2H3. The van der Waals surface area contributed by atoms with Crippen molar-refractivity contribution in [2.75, 3.05) is 0 Å². The summed E-state index contributed by atoms with van der Waals surface area (Å²) in [7, 11) is 1.81. The lowest BCUT2D eigenvalue weighted by molar-refractivity contribution is -0.201. The predicted molar refractivity (Wildman–Crippen MR) is 96.0 cm³/mol. The van der Waals surface area contributed by atoms with Crippen molar-refractivity contribution in [1.82, 2.24) is 14.7 Å². The second-order valence-electron chi connectivity index (χ2n) is 8.77. The molecular formula is C20H26FN3O2. The summed E-state index contributed by atoms with van der Waals surface area (Å²) in [5.41, 5.74) is 0.814. The number of fused-ring (bicyclic) bond motifs is 1. The van der Waals surface area contributed by atoms with E-state index in [2.05, 4.69) is 10.00 Å². The van der Waals surface area contributed by atoms with Crippen LogP contribution >= 0.6 is 0 Å². The van der Waals surface area contributed by atoms with Crippen LogP contribution in [0.3, 0.4) is 0 Å². The molecule has 0 spiro atoms. The van der Waals surface area contributed by atoms with Gasteiger partial charge >= 0.3 is 0 Å². The predicted octanol–water partition coefficient (Wildman–Crippen LogP) is 2.51. The van der Waals surface area contributed by atoms with Crippen LogP contribution in [-0.2, 0) is 7.05 Å². The van der Waals surface area contributed by atoms with Gasteiger partial charge in [0.2, 0.25) is 0 Å². The average molecular weight is 359 g/mol. The van der Waals surface area contributed by atoms with E-state index in [1.165, 1.54) is 6.07 Å². The average Bonchev–Trinajstić information content (AvgIpc) is 2.90. The molecule has 2 saturated carbocycles. The van der Waals surface area contributed by atoms with E-state index >= 15 is 0 Å². The highest BCUT2D eigenvalue weighted by atomic mass is 19.1. The number of aromatic nitrogens is 2. The van der Waals surface area contributed by atoms with Crippen LogP contribution in [0.25, 0.3) is 10.9 Å². The topological polar surface area (TPSA) is 61.5 Å². The van der Waals surface area contributed by atoms with Gasteiger partial charge in [0, 0.05) is 25.0 Å². The molecule has 26 heavy (non-hydrogen) atoms. The second-order valence-corrected chi connectivity index (χ2v) is 8.77. The largest absolute Gasteiger partial charge is 0.390 e. The Bertz CT molecular complexity index is 850. The Kier molecular flexibility index (Phi) is 3.53. The minimum Gasteiger partial charge on any atom is -0.390 e. The minimum absolute atomic E-state index is 0.212. The molecule has 1 aromatic heterocycles. The lowest BCUT2D eigenvalue weighted by Crippen LogP contribution is -2.67. The first kappa shape index (κ1) is 16.7. The molecule has 0 amide bonds. The Morgan fingerprint density at radius 3 is 2.58 bits per heavy atom. The monoisotopic (exact) mass is 359 g/mol. The Hall–Kier alpha value is -1.50. The molecule has 5 nitrogen and oxygen atoms in total. The number of halogens is 1. The van der Waals surface area contributed by atoms with E-state index in [-0.39, 0.29) is 23.8 Å². The van der Waals surface area contributed by atoms with E-state index in [9.17, 15) is 14.6 Å². The highest BCUT2D eigenvalue weighted by Crippen LogP contribution is 2.52. The maximum atomic E-state index is 14.5. The van der Waals surface area contributed by atoms with Crippen molar-refractivity contribution in [3.63, 3.8) is 0 Å². The molecule has 140 valence electrons. The van der Waals surface area contributed by atoms with Crippen LogP contribution < -0.4 is 0 Å². The van der Waals surface area contributed by atoms with Crippen LogP contribution in [0.4, 0.5) is 4.39 Å². The molecule has 2 N–H and O–H groups in total. The number of hydrogen-bond donors (Lipinski definition) is 2. The third kappa shape index (κ3) is 2.28. The van der Waals surface area contributed by atoms with Crippen LogP contribution in [0, 0.1) is 11.7 Å². The van der Waals surface area contributed by atoms with Crippen molar-refractivity contribution >= 4 is 10.9 Å². The number of rotatable bonds is 3. The fraction of sp³-hybridized carbons (Fsp3) is 0.650. The van der Waals surface area contributed by atoms with Crippen molar-refractivity contribution in [3.8, 4) is 0 Å². The van der Waals surface area contributed by atoms with Crippen molar-refractivity contribution < 1.29 is 14.6 Å². The van der Waals surface area contributed by atoms with Gasteiger partial charge in [-0.05, 0) is 50.2 Å². The summed E-state index contributed by atoms with van der Waals surface area (Å²) in [6, 6.07) is 5.41. The Morgan fingerprint density at radius 2 is 1.92 bits per heavy atom. The van der Waals surface area contributed by atoms with Crippen LogP contribution in [0.5, 0.6) is 0 Å². The Labute approximate surface area is 152 Å². The van der Waals surface area contributed by atoms with Gasteiger partial charge in [-0.1, -0.05) is 13.0 Å². The molecule has 6 heteroatoms. The summed E-state index contributed by atoms with van der Waals surface area (Å²) in [5, 5.41) is 27.0. The number of aliphatic hydroxyl groups is 2. The van der Waals surface area contributed by atoms with Gasteiger partial charge in [-0.15, -0.1) is 0 Å². The zero-order valence-corrected chi connectivity index (χ0v) is 15.3. The lowest BCUT2D eigenvalue weighted by atomic mass is 9.61. The molecule has 2 aromatic rings. The maximum absolute atomic E-state index is 14.5. The number of aryl methyl sites for hydroxylation is 1. The molecule has 4 fully saturated rings. The Balaban J connectivity index is 1.49. The van der Waals surface area contributed by atoms with Crippen molar-refractivity contribution in [2.45, 2.75) is 68.9 Å². The summed E-state index contributed by atoms with van der Waals surface area (Å²) >= 11 is 0. The van der Waals surface area contributed by atoms with Gasteiger partial charge in [-0.25, -0.2) is 4.39 Å². The molecule has 0 radical (unpaired) electrons. The van der Waals surface area contributed by atoms with Crippen molar-refractivity contribution in [3.05, 3.63) is 29.7 Å². The van der Waals surface area contributed by atoms with E-state index in [0.717, 1.165) is 37.6 Å². The smallest absolute Gasteiger partial charge is 0.134 e. The van der Waals surface area contributed by atoms with Crippen molar-refractivity contribution in [1.29, 1.82) is 0 Å². The normalized spacial score (nSPS) is 36.0. The number of hydrogen-bond acceptors (Lipinski definition) is 4. The summed E-state index contributed by atoms with van der Waals surface area (Å²) in [6.07, 6.45) is 3.75. The van der Waals surface area contributed by atoms with Gasteiger partial charge in [-0.3, -0.25) is 9.58 Å². The fourth-order valence-corrected chi connectivity index (χ4v) is 6.07. The zero-order valence-electron chi connectivity index (χ0n) is 15.3. The number of benzene rings is 1. The first-order valence-corrected chi connectivity index (χ1v) is 9.65. The second kappa shape index (κ2) is 5.50. The summed E-state index contributed by atoms with van der Waals surface area (Å²) in [5.74, 6) is -0.0220. The molecule has 2 saturated heterocycles. The van der Waals surface area contributed by atoms with Crippen LogP contribution in [0.15, 0.2) is 18.2 Å². The third-order valence-corrected chi connectivity index (χ3v) is 6.99. The maximum Gasteiger partial charge on any atom is 0.134 e. The highest BCUT2D eigenvalue weighted by Gasteiger charge is 2.55. The molecule has 1 aromatic carbocycles. The molecule has 6 rings (SSSR count). The van der Waals surface area contributed by atoms with Crippen LogP contribution in [-0.4, -0.2) is 48.8 Å². The zero-order chi connectivity index (χ0) is 18.2. The van der Waals surface area contributed by atoms with Gasteiger partial charge < -0.3 is 10.2 Å². The summed E-state index contributed by atoms with van der Waals surface area (Å²) in [6.45, 7) is 1.93. The highest BCUT2D eigenvalue weighted by molar-refractivity contribution is 5.83. The van der Waals surface area contributed by atoms with Crippen molar-refractivity contribution in [2.24, 2.45) is 13.0 Å². The fourth-order valence-electron chi connectivity index (χ4n) is 6.07. The molecule has 4 bridgehead atoms. The number of piperidine rings is 2. The first-order valence-electron chi connectivity index (χ1n) is 9.65. The molecule has 4 unspecified atom stereocenters. The number of aliphatic hydroxyl groups excluding tert-OH is 1. The molecule has 2 aliphatic carbocycles. The Morgan fingerprint density at radius 1 is 1.23 bits per heavy atom. The first-order chi connectivity index (χ1) is 12.4. The van der Waals surface area contributed by atoms with Crippen LogP contribution in [0.2, 0.25) is 0 Å².